The number of halogens is 1. The van der Waals surface area contributed by atoms with E-state index in [1.54, 1.807) is 18.2 Å². The Morgan fingerprint density at radius 3 is 2.73 bits per heavy atom. The lowest BCUT2D eigenvalue weighted by atomic mass is 10.1. The van der Waals surface area contributed by atoms with Crippen molar-refractivity contribution in [2.45, 2.75) is 6.61 Å². The Hall–Kier alpha value is -3.69. The van der Waals surface area contributed by atoms with E-state index in [4.69, 9.17) is 38.4 Å². The molecule has 0 spiro atoms. The van der Waals surface area contributed by atoms with Crippen LogP contribution in [0, 0.1) is 0 Å². The molecule has 1 aliphatic rings. The average Bonchev–Trinajstić information content (AvgIpc) is 2.78. The average molecular weight is 487 g/mol. The maximum absolute atomic E-state index is 12.7. The van der Waals surface area contributed by atoms with Crippen molar-refractivity contribution in [2.24, 2.45) is 0 Å². The molecule has 0 atom stereocenters. The number of amides is 2. The number of carboxylic acids is 1. The van der Waals surface area contributed by atoms with Gasteiger partial charge in [0.25, 0.3) is 11.8 Å². The zero-order valence-corrected chi connectivity index (χ0v) is 19.0. The molecule has 0 radical (unpaired) electrons. The molecule has 0 aliphatic carbocycles. The molecule has 0 saturated carbocycles. The number of carbonyl (C=O) groups excluding carboxylic acids is 2. The Bertz CT molecular complexity index is 1190. The van der Waals surface area contributed by atoms with E-state index in [0.717, 1.165) is 0 Å². The number of carboxylic acid groups (broad SMARTS) is 1. The number of ether oxygens (including phenoxy) is 2. The zero-order chi connectivity index (χ0) is 24.1. The molecule has 170 valence electrons. The van der Waals surface area contributed by atoms with Crippen LogP contribution in [-0.4, -0.2) is 46.6 Å². The summed E-state index contributed by atoms with van der Waals surface area (Å²) in [5, 5.41) is 11.8. The van der Waals surface area contributed by atoms with Crippen LogP contribution in [0.2, 0.25) is 5.02 Å². The van der Waals surface area contributed by atoms with Crippen LogP contribution in [0.5, 0.6) is 11.5 Å². The van der Waals surface area contributed by atoms with Crippen LogP contribution < -0.4 is 14.8 Å². The van der Waals surface area contributed by atoms with Gasteiger partial charge < -0.3 is 14.6 Å². The summed E-state index contributed by atoms with van der Waals surface area (Å²) in [4.78, 5) is 37.4. The van der Waals surface area contributed by atoms with E-state index >= 15 is 0 Å². The van der Waals surface area contributed by atoms with Gasteiger partial charge in [0.1, 0.15) is 12.2 Å². The Kier molecular flexibility index (Phi) is 7.47. The second-order valence-electron chi connectivity index (χ2n) is 6.85. The van der Waals surface area contributed by atoms with Crippen molar-refractivity contribution < 1.29 is 29.0 Å². The van der Waals surface area contributed by atoms with E-state index < -0.39 is 17.8 Å². The van der Waals surface area contributed by atoms with Gasteiger partial charge in [0.2, 0.25) is 0 Å². The second-order valence-corrected chi connectivity index (χ2v) is 7.64. The van der Waals surface area contributed by atoms with Gasteiger partial charge in [-0.2, -0.15) is 0 Å². The van der Waals surface area contributed by atoms with Crippen LogP contribution in [0.15, 0.2) is 54.6 Å². The highest BCUT2D eigenvalue weighted by atomic mass is 35.5. The van der Waals surface area contributed by atoms with Gasteiger partial charge in [0.05, 0.1) is 17.7 Å². The maximum Gasteiger partial charge on any atom is 0.335 e. The first-order valence-corrected chi connectivity index (χ1v) is 10.4. The number of benzene rings is 2. The molecule has 2 aromatic carbocycles. The molecule has 0 aromatic heterocycles. The van der Waals surface area contributed by atoms with Gasteiger partial charge in [-0.15, -0.1) is 6.58 Å². The molecule has 1 fully saturated rings. The van der Waals surface area contributed by atoms with Crippen LogP contribution in [0.4, 0.5) is 0 Å². The predicted octanol–water partition coefficient (Wildman–Crippen LogP) is 3.44. The van der Waals surface area contributed by atoms with E-state index in [0.29, 0.717) is 11.1 Å². The lowest BCUT2D eigenvalue weighted by Gasteiger charge is -2.27. The Labute approximate surface area is 200 Å². The lowest BCUT2D eigenvalue weighted by Crippen LogP contribution is -2.53. The first-order chi connectivity index (χ1) is 15.7. The molecule has 1 heterocycles. The summed E-state index contributed by atoms with van der Waals surface area (Å²) >= 11 is 11.4. The fourth-order valence-electron chi connectivity index (χ4n) is 3.07. The van der Waals surface area contributed by atoms with Gasteiger partial charge in [0.15, 0.2) is 16.6 Å². The van der Waals surface area contributed by atoms with E-state index in [-0.39, 0.29) is 45.9 Å². The Morgan fingerprint density at radius 2 is 2.06 bits per heavy atom. The summed E-state index contributed by atoms with van der Waals surface area (Å²) in [5.41, 5.74) is 1.07. The van der Waals surface area contributed by atoms with Gasteiger partial charge in [-0.25, -0.2) is 4.79 Å². The molecular weight excluding hydrogens is 468 g/mol. The second kappa shape index (κ2) is 10.3. The largest absolute Gasteiger partial charge is 0.493 e. The number of carbonyl (C=O) groups is 3. The molecule has 2 amide bonds. The molecule has 10 heteroatoms. The highest BCUT2D eigenvalue weighted by Gasteiger charge is 2.32. The van der Waals surface area contributed by atoms with E-state index in [2.05, 4.69) is 11.9 Å². The van der Waals surface area contributed by atoms with Crippen LogP contribution >= 0.6 is 23.8 Å². The Balaban J connectivity index is 1.88. The number of rotatable bonds is 8. The van der Waals surface area contributed by atoms with Crippen molar-refractivity contribution in [2.75, 3.05) is 13.7 Å². The number of hydrogen-bond donors (Lipinski definition) is 2. The van der Waals surface area contributed by atoms with Crippen LogP contribution in [-0.2, 0) is 16.2 Å². The number of methoxy groups -OCH3 is 1. The molecule has 2 N–H and O–H groups in total. The number of thiocarbonyl (C=S) groups is 1. The molecule has 8 nitrogen and oxygen atoms in total. The van der Waals surface area contributed by atoms with Crippen molar-refractivity contribution >= 4 is 52.8 Å². The quantitative estimate of drug-likeness (QED) is 0.255. The molecule has 1 saturated heterocycles. The van der Waals surface area contributed by atoms with Gasteiger partial charge in [0, 0.05) is 6.54 Å². The molecule has 2 aromatic rings. The van der Waals surface area contributed by atoms with Crippen LogP contribution in [0.3, 0.4) is 0 Å². The fourth-order valence-corrected chi connectivity index (χ4v) is 3.59. The molecule has 1 aliphatic heterocycles. The van der Waals surface area contributed by atoms with Crippen molar-refractivity contribution in [3.63, 3.8) is 0 Å². The van der Waals surface area contributed by atoms with Crippen LogP contribution in [0.1, 0.15) is 21.5 Å². The monoisotopic (exact) mass is 486 g/mol. The van der Waals surface area contributed by atoms with Crippen molar-refractivity contribution in [3.8, 4) is 11.5 Å². The standard InChI is InChI=1S/C23H19ClN2O6S/c1-3-7-26-21(28)16(20(27)25-23(26)33)9-14-10-17(24)19(18(11-14)31-2)32-12-13-5-4-6-15(8-13)22(29)30/h3-6,8-11H,1,7,12H2,2H3,(H,29,30)(H,25,27,33)/b16-9+. The van der Waals surface area contributed by atoms with Gasteiger partial charge in [-0.05, 0) is 53.7 Å². The Morgan fingerprint density at radius 1 is 1.30 bits per heavy atom. The summed E-state index contributed by atoms with van der Waals surface area (Å²) in [7, 11) is 1.42. The summed E-state index contributed by atoms with van der Waals surface area (Å²) in [6.45, 7) is 3.78. The number of hydrogen-bond acceptors (Lipinski definition) is 6. The summed E-state index contributed by atoms with van der Waals surface area (Å²) in [5.74, 6) is -1.73. The predicted molar refractivity (Wildman–Crippen MR) is 126 cm³/mol. The highest BCUT2D eigenvalue weighted by molar-refractivity contribution is 7.80. The third-order valence-corrected chi connectivity index (χ3v) is 5.22. The summed E-state index contributed by atoms with van der Waals surface area (Å²) in [6.07, 6.45) is 2.88. The maximum atomic E-state index is 12.7. The third-order valence-electron chi connectivity index (χ3n) is 4.62. The topological polar surface area (TPSA) is 105 Å². The minimum Gasteiger partial charge on any atom is -0.493 e. The third kappa shape index (κ3) is 5.39. The van der Waals surface area contributed by atoms with Crippen molar-refractivity contribution in [1.29, 1.82) is 0 Å². The molecule has 33 heavy (non-hydrogen) atoms. The van der Waals surface area contributed by atoms with Crippen LogP contribution in [0.25, 0.3) is 6.08 Å². The van der Waals surface area contributed by atoms with E-state index in [1.807, 2.05) is 0 Å². The van der Waals surface area contributed by atoms with Gasteiger partial charge in [-0.1, -0.05) is 29.8 Å². The zero-order valence-electron chi connectivity index (χ0n) is 17.5. The normalized spacial score (nSPS) is 14.8. The molecule has 0 bridgehead atoms. The summed E-state index contributed by atoms with van der Waals surface area (Å²) in [6, 6.07) is 9.39. The number of aromatic carboxylic acids is 1. The summed E-state index contributed by atoms with van der Waals surface area (Å²) < 4.78 is 11.2. The van der Waals surface area contributed by atoms with Gasteiger partial charge >= 0.3 is 5.97 Å². The first-order valence-electron chi connectivity index (χ1n) is 9.57. The smallest absolute Gasteiger partial charge is 0.335 e. The molecule has 3 rings (SSSR count). The van der Waals surface area contributed by atoms with Gasteiger partial charge in [-0.3, -0.25) is 19.8 Å². The molecule has 0 unspecified atom stereocenters. The highest BCUT2D eigenvalue weighted by Crippen LogP contribution is 2.37. The SMILES string of the molecule is C=CCN1C(=O)/C(=C/c2cc(Cl)c(OCc3cccc(C(=O)O)c3)c(OC)c2)C(=O)NC1=S. The first kappa shape index (κ1) is 24.0. The van der Waals surface area contributed by atoms with Crippen molar-refractivity contribution in [1.82, 2.24) is 10.2 Å². The number of nitrogens with one attached hydrogen (secondary N) is 1. The number of nitrogens with zero attached hydrogens (tertiary/aromatic N) is 1. The van der Waals surface area contributed by atoms with E-state index in [9.17, 15) is 14.4 Å². The lowest BCUT2D eigenvalue weighted by molar-refractivity contribution is -0.128. The minimum absolute atomic E-state index is 0.00776. The molecular formula is C23H19ClN2O6S. The fraction of sp³-hybridized carbons (Fsp3) is 0.130. The van der Waals surface area contributed by atoms with E-state index in [1.165, 1.54) is 42.4 Å². The van der Waals surface area contributed by atoms with Crippen molar-refractivity contribution in [3.05, 3.63) is 76.3 Å². The minimum atomic E-state index is -1.04.